The number of allylic oxidation sites excluding steroid dienone is 1. The topological polar surface area (TPSA) is 35.5 Å². The van der Waals surface area contributed by atoms with Crippen LogP contribution in [0.1, 0.15) is 20.8 Å². The first-order valence-corrected chi connectivity index (χ1v) is 3.59. The molecule has 0 bridgehead atoms. The Morgan fingerprint density at radius 3 is 2.36 bits per heavy atom. The van der Waals surface area contributed by atoms with Gasteiger partial charge >= 0.3 is 5.97 Å². The summed E-state index contributed by atoms with van der Waals surface area (Å²) in [5.41, 5.74) is 0. The standard InChI is InChI=1S/C7H9ClO3/c1-4-5(8)6(9)11-7(2,3)10-4/h1-3H3. The number of cyclic esters (lactones) is 1. The molecule has 1 aliphatic rings. The molecule has 0 fully saturated rings. The highest BCUT2D eigenvalue weighted by atomic mass is 35.5. The van der Waals surface area contributed by atoms with Crippen molar-refractivity contribution in [2.24, 2.45) is 0 Å². The van der Waals surface area contributed by atoms with Gasteiger partial charge in [-0.15, -0.1) is 0 Å². The number of esters is 1. The van der Waals surface area contributed by atoms with Gasteiger partial charge in [-0.25, -0.2) is 4.79 Å². The van der Waals surface area contributed by atoms with Gasteiger partial charge in [-0.1, -0.05) is 11.6 Å². The molecule has 3 nitrogen and oxygen atoms in total. The molecule has 0 saturated carbocycles. The van der Waals surface area contributed by atoms with Crippen LogP contribution in [0.2, 0.25) is 0 Å². The third-order valence-electron chi connectivity index (χ3n) is 1.23. The highest BCUT2D eigenvalue weighted by Crippen LogP contribution is 2.27. The minimum Gasteiger partial charge on any atom is -0.456 e. The summed E-state index contributed by atoms with van der Waals surface area (Å²) >= 11 is 5.52. The van der Waals surface area contributed by atoms with Gasteiger partial charge in [0.2, 0.25) is 5.79 Å². The summed E-state index contributed by atoms with van der Waals surface area (Å²) in [5.74, 6) is -1.01. The lowest BCUT2D eigenvalue weighted by atomic mass is 10.3. The molecule has 0 amide bonds. The van der Waals surface area contributed by atoms with Gasteiger partial charge in [0, 0.05) is 13.8 Å². The second kappa shape index (κ2) is 2.41. The number of halogens is 1. The first-order chi connectivity index (χ1) is 4.92. The second-order valence-corrected chi connectivity index (χ2v) is 3.14. The fraction of sp³-hybridized carbons (Fsp3) is 0.571. The van der Waals surface area contributed by atoms with Crippen molar-refractivity contribution in [3.8, 4) is 0 Å². The number of carbonyl (C=O) groups excluding carboxylic acids is 1. The highest BCUT2D eigenvalue weighted by Gasteiger charge is 2.33. The molecule has 0 unspecified atom stereocenters. The van der Waals surface area contributed by atoms with Crippen molar-refractivity contribution in [3.05, 3.63) is 10.8 Å². The van der Waals surface area contributed by atoms with E-state index in [-0.39, 0.29) is 5.03 Å². The lowest BCUT2D eigenvalue weighted by molar-refractivity contribution is -0.205. The summed E-state index contributed by atoms with van der Waals surface area (Å²) in [6.45, 7) is 4.93. The number of carbonyl (C=O) groups is 1. The van der Waals surface area contributed by atoms with E-state index in [0.29, 0.717) is 5.76 Å². The molecule has 1 heterocycles. The molecule has 0 radical (unpaired) electrons. The zero-order chi connectivity index (χ0) is 8.65. The molecule has 0 aromatic carbocycles. The van der Waals surface area contributed by atoms with Crippen molar-refractivity contribution in [1.29, 1.82) is 0 Å². The van der Waals surface area contributed by atoms with E-state index >= 15 is 0 Å². The summed E-state index contributed by atoms with van der Waals surface area (Å²) in [6.07, 6.45) is 0. The minimum absolute atomic E-state index is 0.0179. The molecular weight excluding hydrogens is 168 g/mol. The summed E-state index contributed by atoms with van der Waals surface area (Å²) in [4.78, 5) is 10.9. The van der Waals surface area contributed by atoms with Crippen molar-refractivity contribution in [3.63, 3.8) is 0 Å². The number of rotatable bonds is 0. The number of hydrogen-bond donors (Lipinski definition) is 0. The summed E-state index contributed by atoms with van der Waals surface area (Å²) < 4.78 is 9.97. The second-order valence-electron chi connectivity index (χ2n) is 2.76. The Morgan fingerprint density at radius 2 is 1.91 bits per heavy atom. The molecule has 11 heavy (non-hydrogen) atoms. The maximum atomic E-state index is 10.9. The molecule has 1 aliphatic heterocycles. The highest BCUT2D eigenvalue weighted by molar-refractivity contribution is 6.41. The van der Waals surface area contributed by atoms with E-state index in [1.165, 1.54) is 0 Å². The van der Waals surface area contributed by atoms with Gasteiger partial charge in [-0.3, -0.25) is 0 Å². The lowest BCUT2D eigenvalue weighted by Crippen LogP contribution is -2.35. The molecule has 0 saturated heterocycles. The van der Waals surface area contributed by atoms with Crippen molar-refractivity contribution >= 4 is 17.6 Å². The Labute approximate surface area is 69.9 Å². The maximum absolute atomic E-state index is 10.9. The fourth-order valence-corrected chi connectivity index (χ4v) is 0.923. The third kappa shape index (κ3) is 1.66. The molecule has 0 aromatic heterocycles. The van der Waals surface area contributed by atoms with Gasteiger partial charge in [0.05, 0.1) is 0 Å². The van der Waals surface area contributed by atoms with Crippen molar-refractivity contribution in [2.45, 2.75) is 26.6 Å². The molecule has 0 spiro atoms. The molecule has 4 heteroatoms. The molecular formula is C7H9ClO3. The van der Waals surface area contributed by atoms with Crippen LogP contribution in [-0.4, -0.2) is 11.8 Å². The average molecular weight is 177 g/mol. The normalized spacial score (nSPS) is 22.7. The number of hydrogen-bond acceptors (Lipinski definition) is 3. The smallest absolute Gasteiger partial charge is 0.356 e. The molecule has 0 aliphatic carbocycles. The van der Waals surface area contributed by atoms with Crippen LogP contribution in [0.3, 0.4) is 0 Å². The third-order valence-corrected chi connectivity index (χ3v) is 1.65. The quantitative estimate of drug-likeness (QED) is 0.528. The number of ether oxygens (including phenoxy) is 2. The van der Waals surface area contributed by atoms with Gasteiger partial charge in [0.1, 0.15) is 5.76 Å². The molecule has 0 aromatic rings. The van der Waals surface area contributed by atoms with Crippen molar-refractivity contribution < 1.29 is 14.3 Å². The van der Waals surface area contributed by atoms with Crippen LogP contribution in [0.25, 0.3) is 0 Å². The zero-order valence-electron chi connectivity index (χ0n) is 6.60. The van der Waals surface area contributed by atoms with E-state index in [1.807, 2.05) is 0 Å². The van der Waals surface area contributed by atoms with Gasteiger partial charge in [0.25, 0.3) is 0 Å². The molecule has 1 rings (SSSR count). The first-order valence-electron chi connectivity index (χ1n) is 3.21. The molecule has 0 N–H and O–H groups in total. The van der Waals surface area contributed by atoms with Crippen LogP contribution >= 0.6 is 11.6 Å². The van der Waals surface area contributed by atoms with Crippen LogP contribution in [0, 0.1) is 0 Å². The van der Waals surface area contributed by atoms with Crippen LogP contribution in [0.4, 0.5) is 0 Å². The zero-order valence-corrected chi connectivity index (χ0v) is 7.36. The van der Waals surface area contributed by atoms with Gasteiger partial charge in [-0.2, -0.15) is 0 Å². The van der Waals surface area contributed by atoms with Gasteiger partial charge < -0.3 is 9.47 Å². The van der Waals surface area contributed by atoms with E-state index in [0.717, 1.165) is 0 Å². The summed E-state index contributed by atoms with van der Waals surface area (Å²) in [6, 6.07) is 0. The SMILES string of the molecule is CC1=C(Cl)C(=O)OC(C)(C)O1. The Bertz CT molecular complexity index is 230. The van der Waals surface area contributed by atoms with Crippen LogP contribution in [-0.2, 0) is 14.3 Å². The van der Waals surface area contributed by atoms with Crippen LogP contribution in [0.15, 0.2) is 10.8 Å². The Balaban J connectivity index is 2.94. The van der Waals surface area contributed by atoms with E-state index < -0.39 is 11.8 Å². The van der Waals surface area contributed by atoms with Crippen molar-refractivity contribution in [1.82, 2.24) is 0 Å². The largest absolute Gasteiger partial charge is 0.456 e. The Morgan fingerprint density at radius 1 is 1.36 bits per heavy atom. The maximum Gasteiger partial charge on any atom is 0.356 e. The summed E-state index contributed by atoms with van der Waals surface area (Å²) in [5, 5.41) is 0.0179. The predicted molar refractivity (Wildman–Crippen MR) is 39.8 cm³/mol. The van der Waals surface area contributed by atoms with Gasteiger partial charge in [-0.05, 0) is 6.92 Å². The van der Waals surface area contributed by atoms with Crippen LogP contribution in [0.5, 0.6) is 0 Å². The minimum atomic E-state index is -0.889. The molecule has 62 valence electrons. The Kier molecular flexibility index (Phi) is 1.84. The lowest BCUT2D eigenvalue weighted by Gasteiger charge is -2.30. The Hall–Kier alpha value is -0.700. The van der Waals surface area contributed by atoms with E-state index in [9.17, 15) is 4.79 Å². The first kappa shape index (κ1) is 8.40. The average Bonchev–Trinajstić information content (AvgIpc) is 1.81. The van der Waals surface area contributed by atoms with Crippen molar-refractivity contribution in [2.75, 3.05) is 0 Å². The van der Waals surface area contributed by atoms with E-state index in [2.05, 4.69) is 0 Å². The van der Waals surface area contributed by atoms with Crippen LogP contribution < -0.4 is 0 Å². The van der Waals surface area contributed by atoms with Gasteiger partial charge in [0.15, 0.2) is 5.03 Å². The fourth-order valence-electron chi connectivity index (χ4n) is 0.846. The van der Waals surface area contributed by atoms with E-state index in [4.69, 9.17) is 21.1 Å². The summed E-state index contributed by atoms with van der Waals surface area (Å²) in [7, 11) is 0. The predicted octanol–water partition coefficient (Wildman–Crippen LogP) is 1.77. The molecule has 0 atom stereocenters. The monoisotopic (exact) mass is 176 g/mol. The van der Waals surface area contributed by atoms with E-state index in [1.54, 1.807) is 20.8 Å².